The highest BCUT2D eigenvalue weighted by atomic mass is 35.5. The molecule has 1 aliphatic rings. The molecule has 0 bridgehead atoms. The smallest absolute Gasteiger partial charge is 0.137 e. The van der Waals surface area contributed by atoms with Gasteiger partial charge in [-0.1, -0.05) is 11.6 Å². The Kier molecular flexibility index (Phi) is 5.39. The van der Waals surface area contributed by atoms with Crippen LogP contribution in [-0.2, 0) is 0 Å². The minimum atomic E-state index is 0.495. The lowest BCUT2D eigenvalue weighted by Crippen LogP contribution is -2.46. The number of ether oxygens (including phenoxy) is 1. The molecule has 0 aromatic carbocycles. The number of hydrogen-bond acceptors (Lipinski definition) is 4. The van der Waals surface area contributed by atoms with Crippen LogP contribution in [0, 0.1) is 0 Å². The summed E-state index contributed by atoms with van der Waals surface area (Å²) in [6, 6.07) is 4.06. The summed E-state index contributed by atoms with van der Waals surface area (Å²) < 4.78 is 5.48. The van der Waals surface area contributed by atoms with Crippen molar-refractivity contribution in [3.05, 3.63) is 23.5 Å². The standard InChI is InChI=1S/C9H11ClN2O.CH5N/c10-9-2-1-8(5-12-9)13-6-7-3-4-11-7;1-2/h1-2,5,7,11H,3-4,6H2;2H2,1H3. The summed E-state index contributed by atoms with van der Waals surface area (Å²) in [5, 5.41) is 3.75. The summed E-state index contributed by atoms with van der Waals surface area (Å²) in [6.07, 6.45) is 2.84. The van der Waals surface area contributed by atoms with Gasteiger partial charge in [0.1, 0.15) is 17.5 Å². The van der Waals surface area contributed by atoms with Gasteiger partial charge in [-0.15, -0.1) is 0 Å². The van der Waals surface area contributed by atoms with Crippen molar-refractivity contribution >= 4 is 11.6 Å². The first-order valence-corrected chi connectivity index (χ1v) is 5.28. The van der Waals surface area contributed by atoms with Gasteiger partial charge >= 0.3 is 0 Å². The van der Waals surface area contributed by atoms with E-state index in [1.807, 2.05) is 6.07 Å². The first-order valence-electron chi connectivity index (χ1n) is 4.90. The Morgan fingerprint density at radius 1 is 1.60 bits per heavy atom. The maximum absolute atomic E-state index is 5.63. The van der Waals surface area contributed by atoms with E-state index in [9.17, 15) is 0 Å². The largest absolute Gasteiger partial charge is 0.490 e. The fourth-order valence-corrected chi connectivity index (χ4v) is 1.25. The molecule has 1 saturated heterocycles. The molecular formula is C10H16ClN3O. The third-order valence-corrected chi connectivity index (χ3v) is 2.30. The molecule has 1 unspecified atom stereocenters. The molecule has 1 aliphatic heterocycles. The van der Waals surface area contributed by atoms with Crippen LogP contribution in [0.25, 0.3) is 0 Å². The van der Waals surface area contributed by atoms with Crippen molar-refractivity contribution < 1.29 is 4.74 Å². The molecule has 3 N–H and O–H groups in total. The van der Waals surface area contributed by atoms with Crippen LogP contribution in [0.5, 0.6) is 5.75 Å². The topological polar surface area (TPSA) is 60.2 Å². The summed E-state index contributed by atoms with van der Waals surface area (Å²) in [5.74, 6) is 0.776. The van der Waals surface area contributed by atoms with Gasteiger partial charge in [0.2, 0.25) is 0 Å². The van der Waals surface area contributed by atoms with E-state index in [2.05, 4.69) is 16.0 Å². The number of hydrogen-bond donors (Lipinski definition) is 2. The third-order valence-electron chi connectivity index (χ3n) is 2.08. The average molecular weight is 230 g/mol. The zero-order valence-electron chi connectivity index (χ0n) is 8.74. The lowest BCUT2D eigenvalue weighted by atomic mass is 10.1. The maximum atomic E-state index is 5.63. The monoisotopic (exact) mass is 229 g/mol. The van der Waals surface area contributed by atoms with Gasteiger partial charge in [-0.2, -0.15) is 0 Å². The molecule has 1 aromatic heterocycles. The van der Waals surface area contributed by atoms with Crippen LogP contribution in [0.3, 0.4) is 0 Å². The second kappa shape index (κ2) is 6.61. The van der Waals surface area contributed by atoms with Crippen molar-refractivity contribution in [3.8, 4) is 5.75 Å². The van der Waals surface area contributed by atoms with Gasteiger partial charge in [0.05, 0.1) is 6.20 Å². The lowest BCUT2D eigenvalue weighted by molar-refractivity contribution is 0.217. The van der Waals surface area contributed by atoms with E-state index in [4.69, 9.17) is 16.3 Å². The highest BCUT2D eigenvalue weighted by molar-refractivity contribution is 6.29. The molecule has 1 aromatic rings. The van der Waals surface area contributed by atoms with E-state index < -0.39 is 0 Å². The van der Waals surface area contributed by atoms with Crippen molar-refractivity contribution in [2.24, 2.45) is 5.73 Å². The van der Waals surface area contributed by atoms with Crippen molar-refractivity contribution in [3.63, 3.8) is 0 Å². The molecule has 4 nitrogen and oxygen atoms in total. The average Bonchev–Trinajstić information content (AvgIpc) is 2.22. The zero-order chi connectivity index (χ0) is 11.1. The Bertz CT molecular complexity index is 275. The van der Waals surface area contributed by atoms with E-state index in [-0.39, 0.29) is 0 Å². The van der Waals surface area contributed by atoms with Gasteiger partial charge < -0.3 is 15.8 Å². The molecule has 2 heterocycles. The first-order chi connectivity index (χ1) is 7.34. The molecule has 15 heavy (non-hydrogen) atoms. The van der Waals surface area contributed by atoms with Crippen molar-refractivity contribution in [2.45, 2.75) is 12.5 Å². The van der Waals surface area contributed by atoms with Gasteiger partial charge in [0, 0.05) is 6.04 Å². The van der Waals surface area contributed by atoms with E-state index in [0.29, 0.717) is 17.8 Å². The molecule has 5 heteroatoms. The number of nitrogens with two attached hydrogens (primary N) is 1. The highest BCUT2D eigenvalue weighted by Crippen LogP contribution is 2.13. The minimum Gasteiger partial charge on any atom is -0.490 e. The van der Waals surface area contributed by atoms with Crippen LogP contribution in [-0.4, -0.2) is 31.2 Å². The fraction of sp³-hybridized carbons (Fsp3) is 0.500. The van der Waals surface area contributed by atoms with Gasteiger partial charge in [-0.25, -0.2) is 4.98 Å². The molecule has 2 rings (SSSR count). The van der Waals surface area contributed by atoms with Crippen LogP contribution in [0.4, 0.5) is 0 Å². The summed E-state index contributed by atoms with van der Waals surface area (Å²) in [5.41, 5.74) is 4.50. The van der Waals surface area contributed by atoms with Crippen molar-refractivity contribution in [1.29, 1.82) is 0 Å². The molecule has 0 radical (unpaired) electrons. The molecule has 0 saturated carbocycles. The van der Waals surface area contributed by atoms with Crippen molar-refractivity contribution in [2.75, 3.05) is 20.2 Å². The number of pyridine rings is 1. The number of nitrogens with zero attached hydrogens (tertiary/aromatic N) is 1. The van der Waals surface area contributed by atoms with E-state index in [1.165, 1.54) is 13.5 Å². The summed E-state index contributed by atoms with van der Waals surface area (Å²) in [4.78, 5) is 3.92. The van der Waals surface area contributed by atoms with Crippen LogP contribution >= 0.6 is 11.6 Å². The molecule has 84 valence electrons. The predicted octanol–water partition coefficient (Wildman–Crippen LogP) is 1.05. The quantitative estimate of drug-likeness (QED) is 0.761. The molecule has 1 atom stereocenters. The SMILES string of the molecule is CN.Clc1ccc(OCC2CCN2)cn1. The van der Waals surface area contributed by atoms with E-state index in [1.54, 1.807) is 12.3 Å². The molecular weight excluding hydrogens is 214 g/mol. The Balaban J connectivity index is 0.000000531. The Hall–Kier alpha value is -0.840. The fourth-order valence-electron chi connectivity index (χ4n) is 1.14. The predicted molar refractivity (Wildman–Crippen MR) is 61.3 cm³/mol. The molecule has 0 amide bonds. The van der Waals surface area contributed by atoms with Gasteiger partial charge in [-0.05, 0) is 32.1 Å². The molecule has 0 spiro atoms. The van der Waals surface area contributed by atoms with Crippen LogP contribution in [0.1, 0.15) is 6.42 Å². The number of nitrogens with one attached hydrogen (secondary N) is 1. The first kappa shape index (κ1) is 12.2. The maximum Gasteiger partial charge on any atom is 0.137 e. The minimum absolute atomic E-state index is 0.495. The van der Waals surface area contributed by atoms with Crippen molar-refractivity contribution in [1.82, 2.24) is 10.3 Å². The van der Waals surface area contributed by atoms with Crippen LogP contribution < -0.4 is 15.8 Å². The number of aromatic nitrogens is 1. The molecule has 0 aliphatic carbocycles. The Labute approximate surface area is 94.8 Å². The van der Waals surface area contributed by atoms with E-state index >= 15 is 0 Å². The summed E-state index contributed by atoms with van der Waals surface area (Å²) in [6.45, 7) is 1.82. The summed E-state index contributed by atoms with van der Waals surface area (Å²) in [7, 11) is 1.50. The van der Waals surface area contributed by atoms with Gasteiger partial charge in [-0.3, -0.25) is 0 Å². The van der Waals surface area contributed by atoms with Crippen LogP contribution in [0.15, 0.2) is 18.3 Å². The number of halogens is 1. The van der Waals surface area contributed by atoms with E-state index in [0.717, 1.165) is 12.3 Å². The van der Waals surface area contributed by atoms with Gasteiger partial charge in [0.15, 0.2) is 0 Å². The Morgan fingerprint density at radius 2 is 2.33 bits per heavy atom. The number of rotatable bonds is 3. The van der Waals surface area contributed by atoms with Crippen LogP contribution in [0.2, 0.25) is 5.15 Å². The highest BCUT2D eigenvalue weighted by Gasteiger charge is 2.16. The third kappa shape index (κ3) is 4.03. The Morgan fingerprint density at radius 3 is 2.80 bits per heavy atom. The summed E-state index contributed by atoms with van der Waals surface area (Å²) >= 11 is 5.63. The van der Waals surface area contributed by atoms with Gasteiger partial charge in [0.25, 0.3) is 0 Å². The lowest BCUT2D eigenvalue weighted by Gasteiger charge is -2.27. The second-order valence-corrected chi connectivity index (χ2v) is 3.45. The zero-order valence-corrected chi connectivity index (χ0v) is 9.50. The normalized spacial score (nSPS) is 18.5. The molecule has 1 fully saturated rings. The second-order valence-electron chi connectivity index (χ2n) is 3.07.